The van der Waals surface area contributed by atoms with E-state index in [9.17, 15) is 5.11 Å². The Labute approximate surface area is 77.1 Å². The highest BCUT2D eigenvalue weighted by atomic mass is 32.1. The normalized spacial score (nSPS) is 11.4. The number of hydrogen-bond acceptors (Lipinski definition) is 4. The van der Waals surface area contributed by atoms with Crippen molar-refractivity contribution in [3.63, 3.8) is 0 Å². The maximum Gasteiger partial charge on any atom is 0.320 e. The summed E-state index contributed by atoms with van der Waals surface area (Å²) in [6.07, 6.45) is 0. The van der Waals surface area contributed by atoms with Crippen molar-refractivity contribution in [1.82, 2.24) is 14.6 Å². The molecule has 2 aromatic heterocycles. The lowest BCUT2D eigenvalue weighted by Crippen LogP contribution is -1.78. The van der Waals surface area contributed by atoms with Gasteiger partial charge in [-0.25, -0.2) is 4.40 Å². The Morgan fingerprint density at radius 2 is 2.08 bits per heavy atom. The Morgan fingerprint density at radius 3 is 3.00 bits per heavy atom. The van der Waals surface area contributed by atoms with Crippen molar-refractivity contribution in [2.24, 2.45) is 0 Å². The van der Waals surface area contributed by atoms with Gasteiger partial charge in [0, 0.05) is 0 Å². The summed E-state index contributed by atoms with van der Waals surface area (Å²) in [4.78, 5) is 0.721. The summed E-state index contributed by atoms with van der Waals surface area (Å²) < 4.78 is 2.74. The Bertz CT molecular complexity index is 583. The minimum absolute atomic E-state index is 0.0487. The molecular weight excluding hydrogens is 186 g/mol. The van der Waals surface area contributed by atoms with Gasteiger partial charge in [-0.05, 0) is 12.1 Å². The van der Waals surface area contributed by atoms with Crippen molar-refractivity contribution in [2.75, 3.05) is 0 Å². The predicted octanol–water partition coefficient (Wildman–Crippen LogP) is 1.65. The number of aromatic hydroxyl groups is 1. The second-order valence-electron chi connectivity index (χ2n) is 2.69. The molecule has 0 bridgehead atoms. The fourth-order valence-electron chi connectivity index (χ4n) is 1.37. The first-order valence-electron chi connectivity index (χ1n) is 3.78. The molecule has 0 aliphatic heterocycles. The first-order chi connectivity index (χ1) is 6.36. The molecule has 0 spiro atoms. The van der Waals surface area contributed by atoms with Crippen LogP contribution < -0.4 is 0 Å². The van der Waals surface area contributed by atoms with Crippen LogP contribution in [-0.2, 0) is 0 Å². The van der Waals surface area contributed by atoms with E-state index in [0.29, 0.717) is 0 Å². The summed E-state index contributed by atoms with van der Waals surface area (Å²) in [6.45, 7) is 0. The summed E-state index contributed by atoms with van der Waals surface area (Å²) in [7, 11) is 0. The Hall–Kier alpha value is -1.62. The SMILES string of the molecule is Oc1nnc2sc3ccccc3n12. The Morgan fingerprint density at radius 1 is 1.23 bits per heavy atom. The lowest BCUT2D eigenvalue weighted by atomic mass is 10.3. The molecule has 0 radical (unpaired) electrons. The topological polar surface area (TPSA) is 50.4 Å². The van der Waals surface area contributed by atoms with Crippen LogP contribution in [0, 0.1) is 0 Å². The van der Waals surface area contributed by atoms with Gasteiger partial charge in [-0.3, -0.25) is 0 Å². The molecule has 64 valence electrons. The van der Waals surface area contributed by atoms with Crippen LogP contribution in [0.1, 0.15) is 0 Å². The molecule has 2 heterocycles. The van der Waals surface area contributed by atoms with Crippen LogP contribution in [-0.4, -0.2) is 19.7 Å². The minimum Gasteiger partial charge on any atom is -0.479 e. The van der Waals surface area contributed by atoms with E-state index >= 15 is 0 Å². The summed E-state index contributed by atoms with van der Waals surface area (Å²) in [5, 5.41) is 16.8. The number of thiazole rings is 1. The average molecular weight is 191 g/mol. The second kappa shape index (κ2) is 2.20. The van der Waals surface area contributed by atoms with Crippen LogP contribution in [0.5, 0.6) is 6.01 Å². The molecule has 3 rings (SSSR count). The Kier molecular flexibility index (Phi) is 1.16. The third-order valence-corrected chi connectivity index (χ3v) is 2.94. The zero-order chi connectivity index (χ0) is 8.84. The largest absolute Gasteiger partial charge is 0.479 e. The third-order valence-electron chi connectivity index (χ3n) is 1.92. The number of rotatable bonds is 0. The van der Waals surface area contributed by atoms with Gasteiger partial charge in [0.25, 0.3) is 0 Å². The molecule has 0 aliphatic carbocycles. The van der Waals surface area contributed by atoms with E-state index < -0.39 is 0 Å². The van der Waals surface area contributed by atoms with Gasteiger partial charge in [-0.1, -0.05) is 28.6 Å². The quantitative estimate of drug-likeness (QED) is 0.587. The first kappa shape index (κ1) is 6.85. The lowest BCUT2D eigenvalue weighted by molar-refractivity contribution is 0.427. The number of aromatic nitrogens is 3. The van der Waals surface area contributed by atoms with E-state index in [1.165, 1.54) is 11.3 Å². The summed E-state index contributed by atoms with van der Waals surface area (Å²) in [5.74, 6) is 0. The second-order valence-corrected chi connectivity index (χ2v) is 3.70. The first-order valence-corrected chi connectivity index (χ1v) is 4.59. The third kappa shape index (κ3) is 0.790. The van der Waals surface area contributed by atoms with E-state index in [1.807, 2.05) is 24.3 Å². The summed E-state index contributed by atoms with van der Waals surface area (Å²) in [6, 6.07) is 7.76. The van der Waals surface area contributed by atoms with Crippen LogP contribution in [0.25, 0.3) is 15.2 Å². The maximum absolute atomic E-state index is 9.39. The number of nitrogens with zero attached hydrogens (tertiary/aromatic N) is 3. The van der Waals surface area contributed by atoms with E-state index in [0.717, 1.165) is 15.2 Å². The van der Waals surface area contributed by atoms with Crippen LogP contribution in [0.15, 0.2) is 24.3 Å². The van der Waals surface area contributed by atoms with Crippen molar-refractivity contribution in [3.8, 4) is 6.01 Å². The molecule has 0 fully saturated rings. The maximum atomic E-state index is 9.39. The highest BCUT2D eigenvalue weighted by molar-refractivity contribution is 7.23. The monoisotopic (exact) mass is 191 g/mol. The van der Waals surface area contributed by atoms with E-state index in [1.54, 1.807) is 4.40 Å². The van der Waals surface area contributed by atoms with Crippen molar-refractivity contribution in [3.05, 3.63) is 24.3 Å². The standard InChI is InChI=1S/C8H5N3OS/c12-7-9-10-8-11(7)5-3-1-2-4-6(5)13-8/h1-4H,(H,9,12). The van der Waals surface area contributed by atoms with Crippen LogP contribution in [0.3, 0.4) is 0 Å². The number of hydrogen-bond donors (Lipinski definition) is 1. The fraction of sp³-hybridized carbons (Fsp3) is 0. The van der Waals surface area contributed by atoms with Crippen LogP contribution in [0.4, 0.5) is 0 Å². The molecule has 0 aliphatic rings. The van der Waals surface area contributed by atoms with Crippen LogP contribution >= 0.6 is 11.3 Å². The van der Waals surface area contributed by atoms with E-state index in [-0.39, 0.29) is 6.01 Å². The van der Waals surface area contributed by atoms with Crippen LogP contribution in [0.2, 0.25) is 0 Å². The van der Waals surface area contributed by atoms with E-state index in [2.05, 4.69) is 10.2 Å². The molecule has 4 nitrogen and oxygen atoms in total. The molecule has 3 aromatic rings. The van der Waals surface area contributed by atoms with Crippen molar-refractivity contribution >= 4 is 26.5 Å². The molecule has 0 saturated heterocycles. The van der Waals surface area contributed by atoms with Gasteiger partial charge in [-0.2, -0.15) is 0 Å². The molecule has 1 N–H and O–H groups in total. The fourth-order valence-corrected chi connectivity index (χ4v) is 2.33. The van der Waals surface area contributed by atoms with Gasteiger partial charge >= 0.3 is 6.01 Å². The number of benzene rings is 1. The van der Waals surface area contributed by atoms with E-state index in [4.69, 9.17) is 0 Å². The van der Waals surface area contributed by atoms with Gasteiger partial charge in [0.2, 0.25) is 4.96 Å². The smallest absolute Gasteiger partial charge is 0.320 e. The molecule has 0 amide bonds. The zero-order valence-electron chi connectivity index (χ0n) is 6.51. The molecule has 5 heteroatoms. The molecule has 0 atom stereocenters. The van der Waals surface area contributed by atoms with Gasteiger partial charge < -0.3 is 5.11 Å². The highest BCUT2D eigenvalue weighted by Gasteiger charge is 2.09. The van der Waals surface area contributed by atoms with Gasteiger partial charge in [-0.15, -0.1) is 5.10 Å². The molecular formula is C8H5N3OS. The molecule has 0 unspecified atom stereocenters. The zero-order valence-corrected chi connectivity index (χ0v) is 7.32. The highest BCUT2D eigenvalue weighted by Crippen LogP contribution is 2.27. The number of para-hydroxylation sites is 1. The summed E-state index contributed by atoms with van der Waals surface area (Å²) >= 11 is 1.51. The number of fused-ring (bicyclic) bond motifs is 3. The Balaban J connectivity index is 2.66. The van der Waals surface area contributed by atoms with Crippen molar-refractivity contribution in [2.45, 2.75) is 0 Å². The van der Waals surface area contributed by atoms with Crippen molar-refractivity contribution in [1.29, 1.82) is 0 Å². The molecule has 0 saturated carbocycles. The van der Waals surface area contributed by atoms with Gasteiger partial charge in [0.15, 0.2) is 0 Å². The average Bonchev–Trinajstić information content (AvgIpc) is 2.66. The van der Waals surface area contributed by atoms with Crippen molar-refractivity contribution < 1.29 is 5.11 Å². The lowest BCUT2D eigenvalue weighted by Gasteiger charge is -1.89. The minimum atomic E-state index is -0.0487. The van der Waals surface area contributed by atoms with Gasteiger partial charge in [0.1, 0.15) is 0 Å². The molecule has 13 heavy (non-hydrogen) atoms. The predicted molar refractivity (Wildman–Crippen MR) is 50.0 cm³/mol. The summed E-state index contributed by atoms with van der Waals surface area (Å²) in [5.41, 5.74) is 0.949. The van der Waals surface area contributed by atoms with Gasteiger partial charge in [0.05, 0.1) is 10.2 Å². The molecule has 1 aromatic carbocycles.